The van der Waals surface area contributed by atoms with E-state index < -0.39 is 11.7 Å². The lowest BCUT2D eigenvalue weighted by atomic mass is 10.0. The maximum atomic E-state index is 12.8. The van der Waals surface area contributed by atoms with Gasteiger partial charge < -0.3 is 4.79 Å². The van der Waals surface area contributed by atoms with Crippen LogP contribution in [-0.2, 0) is 17.4 Å². The second kappa shape index (κ2) is 4.20. The van der Waals surface area contributed by atoms with Gasteiger partial charge in [-0.2, -0.15) is 13.2 Å². The average molecular weight is 238 g/mol. The number of rotatable bonds is 2. The summed E-state index contributed by atoms with van der Waals surface area (Å²) in [7, 11) is 0. The van der Waals surface area contributed by atoms with Gasteiger partial charge >= 0.3 is 6.18 Å². The first kappa shape index (κ1) is 11.6. The molecule has 0 amide bonds. The summed E-state index contributed by atoms with van der Waals surface area (Å²) in [4.78, 5) is 10.4. The summed E-state index contributed by atoms with van der Waals surface area (Å²) in [5.74, 6) is 0. The van der Waals surface area contributed by atoms with E-state index in [1.165, 1.54) is 12.1 Å². The molecule has 88 valence electrons. The molecule has 0 bridgehead atoms. The molecule has 0 saturated heterocycles. The number of carbonyl (C=O) groups is 1. The molecule has 0 spiro atoms. The minimum Gasteiger partial charge on any atom is -0.303 e. The fraction of sp³-hybridized carbons (Fsp3) is 0.154. The maximum absolute atomic E-state index is 12.8. The van der Waals surface area contributed by atoms with Gasteiger partial charge in [0.15, 0.2) is 0 Å². The first-order chi connectivity index (χ1) is 8.02. The van der Waals surface area contributed by atoms with Crippen molar-refractivity contribution in [3.05, 3.63) is 47.5 Å². The SMILES string of the molecule is O=CCc1ccc2cccc(C(F)(F)F)c2c1. The first-order valence-corrected chi connectivity index (χ1v) is 5.05. The highest BCUT2D eigenvalue weighted by molar-refractivity contribution is 5.87. The molecule has 0 atom stereocenters. The van der Waals surface area contributed by atoms with Crippen LogP contribution >= 0.6 is 0 Å². The van der Waals surface area contributed by atoms with E-state index in [0.717, 1.165) is 6.07 Å². The zero-order chi connectivity index (χ0) is 12.5. The second-order valence-corrected chi connectivity index (χ2v) is 3.73. The third-order valence-electron chi connectivity index (χ3n) is 2.57. The Morgan fingerprint density at radius 2 is 1.88 bits per heavy atom. The molecule has 1 nitrogen and oxygen atoms in total. The van der Waals surface area contributed by atoms with Gasteiger partial charge in [-0.15, -0.1) is 0 Å². The molecule has 17 heavy (non-hydrogen) atoms. The van der Waals surface area contributed by atoms with E-state index >= 15 is 0 Å². The third-order valence-corrected chi connectivity index (χ3v) is 2.57. The lowest BCUT2D eigenvalue weighted by Crippen LogP contribution is -2.05. The molecular formula is C13H9F3O. The molecule has 0 unspecified atom stereocenters. The molecule has 0 aromatic heterocycles. The van der Waals surface area contributed by atoms with Crippen molar-refractivity contribution >= 4 is 17.1 Å². The van der Waals surface area contributed by atoms with Gasteiger partial charge in [0.05, 0.1) is 5.56 Å². The Morgan fingerprint density at radius 3 is 2.53 bits per heavy atom. The van der Waals surface area contributed by atoms with Crippen LogP contribution in [0.25, 0.3) is 10.8 Å². The predicted molar refractivity (Wildman–Crippen MR) is 58.7 cm³/mol. The molecule has 0 aliphatic carbocycles. The monoisotopic (exact) mass is 238 g/mol. The summed E-state index contributed by atoms with van der Waals surface area (Å²) in [6.45, 7) is 0. The molecule has 0 heterocycles. The van der Waals surface area contributed by atoms with Crippen LogP contribution in [0.4, 0.5) is 13.2 Å². The average Bonchev–Trinajstić information content (AvgIpc) is 2.27. The Hall–Kier alpha value is -1.84. The van der Waals surface area contributed by atoms with Crippen LogP contribution in [0.1, 0.15) is 11.1 Å². The number of benzene rings is 2. The van der Waals surface area contributed by atoms with Crippen LogP contribution in [0.15, 0.2) is 36.4 Å². The molecular weight excluding hydrogens is 229 g/mol. The van der Waals surface area contributed by atoms with Crippen LogP contribution in [0.3, 0.4) is 0 Å². The van der Waals surface area contributed by atoms with E-state index in [1.54, 1.807) is 18.2 Å². The second-order valence-electron chi connectivity index (χ2n) is 3.73. The normalized spacial score (nSPS) is 11.7. The topological polar surface area (TPSA) is 17.1 Å². The van der Waals surface area contributed by atoms with Gasteiger partial charge in [-0.25, -0.2) is 0 Å². The number of halogens is 3. The van der Waals surface area contributed by atoms with Gasteiger partial charge in [0, 0.05) is 6.42 Å². The summed E-state index contributed by atoms with van der Waals surface area (Å²) in [5.41, 5.74) is -0.0769. The minimum absolute atomic E-state index is 0.127. The smallest absolute Gasteiger partial charge is 0.303 e. The van der Waals surface area contributed by atoms with Crippen LogP contribution < -0.4 is 0 Å². The highest BCUT2D eigenvalue weighted by Crippen LogP contribution is 2.34. The fourth-order valence-corrected chi connectivity index (χ4v) is 1.79. The van der Waals surface area contributed by atoms with Crippen molar-refractivity contribution < 1.29 is 18.0 Å². The van der Waals surface area contributed by atoms with Crippen LogP contribution in [0.2, 0.25) is 0 Å². The fourth-order valence-electron chi connectivity index (χ4n) is 1.79. The van der Waals surface area contributed by atoms with Crippen molar-refractivity contribution in [2.45, 2.75) is 12.6 Å². The van der Waals surface area contributed by atoms with Gasteiger partial charge in [-0.1, -0.05) is 30.3 Å². The Kier molecular flexibility index (Phi) is 2.88. The van der Waals surface area contributed by atoms with Crippen molar-refractivity contribution in [2.75, 3.05) is 0 Å². The lowest BCUT2D eigenvalue weighted by Gasteiger charge is -2.10. The number of hydrogen-bond acceptors (Lipinski definition) is 1. The summed E-state index contributed by atoms with van der Waals surface area (Å²) in [6, 6.07) is 8.74. The Labute approximate surface area is 95.9 Å². The quantitative estimate of drug-likeness (QED) is 0.730. The molecule has 0 aliphatic heterocycles. The molecule has 0 saturated carbocycles. The molecule has 0 fully saturated rings. The number of hydrogen-bond donors (Lipinski definition) is 0. The van der Waals surface area contributed by atoms with Crippen LogP contribution in [0.5, 0.6) is 0 Å². The van der Waals surface area contributed by atoms with E-state index in [-0.39, 0.29) is 11.8 Å². The van der Waals surface area contributed by atoms with Gasteiger partial charge in [0.1, 0.15) is 6.29 Å². The molecule has 4 heteroatoms. The number of aldehydes is 1. The van der Waals surface area contributed by atoms with E-state index in [0.29, 0.717) is 17.2 Å². The van der Waals surface area contributed by atoms with Crippen molar-refractivity contribution in [3.63, 3.8) is 0 Å². The Bertz CT molecular complexity index is 558. The summed E-state index contributed by atoms with van der Waals surface area (Å²) >= 11 is 0. The molecule has 2 rings (SSSR count). The standard InChI is InChI=1S/C13H9F3O/c14-13(15,16)12-3-1-2-10-5-4-9(6-7-17)8-11(10)12/h1-5,7-8H,6H2. The molecule has 2 aromatic rings. The number of carbonyl (C=O) groups excluding carboxylic acids is 1. The highest BCUT2D eigenvalue weighted by atomic mass is 19.4. The van der Waals surface area contributed by atoms with Crippen molar-refractivity contribution in [1.29, 1.82) is 0 Å². The number of fused-ring (bicyclic) bond motifs is 1. The van der Waals surface area contributed by atoms with E-state index in [1.807, 2.05) is 0 Å². The zero-order valence-corrected chi connectivity index (χ0v) is 8.79. The largest absolute Gasteiger partial charge is 0.417 e. The highest BCUT2D eigenvalue weighted by Gasteiger charge is 2.32. The maximum Gasteiger partial charge on any atom is 0.417 e. The number of alkyl halides is 3. The lowest BCUT2D eigenvalue weighted by molar-refractivity contribution is -0.136. The molecule has 0 radical (unpaired) electrons. The van der Waals surface area contributed by atoms with E-state index in [9.17, 15) is 18.0 Å². The van der Waals surface area contributed by atoms with E-state index in [4.69, 9.17) is 0 Å². The molecule has 0 aliphatic rings. The van der Waals surface area contributed by atoms with Crippen molar-refractivity contribution in [1.82, 2.24) is 0 Å². The van der Waals surface area contributed by atoms with Crippen LogP contribution in [-0.4, -0.2) is 6.29 Å². The summed E-state index contributed by atoms with van der Waals surface area (Å²) in [5, 5.41) is 0.661. The van der Waals surface area contributed by atoms with Gasteiger partial charge in [0.2, 0.25) is 0 Å². The Balaban J connectivity index is 2.68. The van der Waals surface area contributed by atoms with Crippen molar-refractivity contribution in [2.24, 2.45) is 0 Å². The molecule has 0 N–H and O–H groups in total. The first-order valence-electron chi connectivity index (χ1n) is 5.05. The van der Waals surface area contributed by atoms with Crippen LogP contribution in [0, 0.1) is 0 Å². The Morgan fingerprint density at radius 1 is 1.12 bits per heavy atom. The zero-order valence-electron chi connectivity index (χ0n) is 8.79. The van der Waals surface area contributed by atoms with Gasteiger partial charge in [-0.05, 0) is 22.4 Å². The predicted octanol–water partition coefficient (Wildman–Crippen LogP) is 3.60. The van der Waals surface area contributed by atoms with Crippen molar-refractivity contribution in [3.8, 4) is 0 Å². The summed E-state index contributed by atoms with van der Waals surface area (Å²) in [6.07, 6.45) is -3.57. The van der Waals surface area contributed by atoms with E-state index in [2.05, 4.69) is 0 Å². The molecule has 2 aromatic carbocycles. The van der Waals surface area contributed by atoms with Gasteiger partial charge in [0.25, 0.3) is 0 Å². The minimum atomic E-state index is -4.38. The van der Waals surface area contributed by atoms with Gasteiger partial charge in [-0.3, -0.25) is 0 Å². The third kappa shape index (κ3) is 2.30. The summed E-state index contributed by atoms with van der Waals surface area (Å²) < 4.78 is 38.3.